The van der Waals surface area contributed by atoms with Crippen molar-refractivity contribution in [3.8, 4) is 0 Å². The van der Waals surface area contributed by atoms with Crippen LogP contribution in [0.2, 0.25) is 0 Å². The predicted octanol–water partition coefficient (Wildman–Crippen LogP) is 0.508. The first-order chi connectivity index (χ1) is 11.6. The molecule has 24 heavy (non-hydrogen) atoms. The Hall–Kier alpha value is -2.96. The SMILES string of the molecule is O=C(/C=C/c1ccccc1)NCC(=O)OCC(=O)N1CCCC1=O. The van der Waals surface area contributed by atoms with Crippen LogP contribution in [-0.4, -0.2) is 48.3 Å². The van der Waals surface area contributed by atoms with Crippen LogP contribution in [0.4, 0.5) is 0 Å². The second-order valence-electron chi connectivity index (χ2n) is 5.17. The Balaban J connectivity index is 1.67. The van der Waals surface area contributed by atoms with Gasteiger partial charge in [-0.15, -0.1) is 0 Å². The van der Waals surface area contributed by atoms with Gasteiger partial charge in [0.2, 0.25) is 11.8 Å². The molecule has 0 bridgehead atoms. The van der Waals surface area contributed by atoms with Gasteiger partial charge in [-0.1, -0.05) is 30.3 Å². The van der Waals surface area contributed by atoms with Crippen LogP contribution >= 0.6 is 0 Å². The normalized spacial score (nSPS) is 14.0. The van der Waals surface area contributed by atoms with Crippen molar-refractivity contribution in [2.45, 2.75) is 12.8 Å². The number of hydrogen-bond donors (Lipinski definition) is 1. The van der Waals surface area contributed by atoms with Crippen LogP contribution < -0.4 is 5.32 Å². The largest absolute Gasteiger partial charge is 0.454 e. The molecule has 1 fully saturated rings. The average molecular weight is 330 g/mol. The van der Waals surface area contributed by atoms with Crippen LogP contribution in [0, 0.1) is 0 Å². The van der Waals surface area contributed by atoms with Crippen LogP contribution in [0.5, 0.6) is 0 Å². The summed E-state index contributed by atoms with van der Waals surface area (Å²) in [5.74, 6) is -1.98. The molecule has 0 aromatic heterocycles. The number of rotatable bonds is 6. The lowest BCUT2D eigenvalue weighted by molar-refractivity contribution is -0.154. The van der Waals surface area contributed by atoms with Crippen molar-refractivity contribution in [3.63, 3.8) is 0 Å². The zero-order chi connectivity index (χ0) is 17.4. The van der Waals surface area contributed by atoms with Crippen LogP contribution in [-0.2, 0) is 23.9 Å². The molecule has 1 aromatic rings. The number of carbonyl (C=O) groups is 4. The van der Waals surface area contributed by atoms with Crippen molar-refractivity contribution < 1.29 is 23.9 Å². The zero-order valence-electron chi connectivity index (χ0n) is 13.1. The molecule has 3 amide bonds. The van der Waals surface area contributed by atoms with Gasteiger partial charge in [-0.2, -0.15) is 0 Å². The molecule has 0 atom stereocenters. The predicted molar refractivity (Wildman–Crippen MR) is 85.4 cm³/mol. The minimum absolute atomic E-state index is 0.254. The molecule has 2 rings (SSSR count). The molecule has 1 aromatic carbocycles. The first-order valence-electron chi connectivity index (χ1n) is 7.56. The van der Waals surface area contributed by atoms with Crippen LogP contribution in [0.15, 0.2) is 36.4 Å². The molecule has 7 heteroatoms. The molecule has 1 heterocycles. The first-order valence-corrected chi connectivity index (χ1v) is 7.56. The van der Waals surface area contributed by atoms with Crippen molar-refractivity contribution in [2.75, 3.05) is 19.7 Å². The highest BCUT2D eigenvalue weighted by atomic mass is 16.5. The second kappa shape index (κ2) is 8.61. The summed E-state index contributed by atoms with van der Waals surface area (Å²) in [6, 6.07) is 9.23. The molecule has 1 aliphatic rings. The third kappa shape index (κ3) is 5.35. The number of esters is 1. The molecule has 0 spiro atoms. The third-order valence-corrected chi connectivity index (χ3v) is 3.36. The Morgan fingerprint density at radius 1 is 1.21 bits per heavy atom. The van der Waals surface area contributed by atoms with Crippen molar-refractivity contribution >= 4 is 29.8 Å². The van der Waals surface area contributed by atoms with Crippen LogP contribution in [0.25, 0.3) is 6.08 Å². The lowest BCUT2D eigenvalue weighted by Gasteiger charge is -2.13. The first kappa shape index (κ1) is 17.4. The highest BCUT2D eigenvalue weighted by Crippen LogP contribution is 2.09. The Morgan fingerprint density at radius 3 is 2.62 bits per heavy atom. The van der Waals surface area contributed by atoms with Crippen molar-refractivity contribution in [3.05, 3.63) is 42.0 Å². The summed E-state index contributed by atoms with van der Waals surface area (Å²) in [5, 5.41) is 2.36. The highest BCUT2D eigenvalue weighted by Gasteiger charge is 2.26. The highest BCUT2D eigenvalue weighted by molar-refractivity contribution is 5.98. The molecular formula is C17H18N2O5. The van der Waals surface area contributed by atoms with E-state index in [0.29, 0.717) is 19.4 Å². The van der Waals surface area contributed by atoms with Gasteiger partial charge in [-0.3, -0.25) is 24.1 Å². The van der Waals surface area contributed by atoms with E-state index in [1.807, 2.05) is 30.3 Å². The van der Waals surface area contributed by atoms with Gasteiger partial charge in [-0.05, 0) is 18.1 Å². The summed E-state index contributed by atoms with van der Waals surface area (Å²) in [6.07, 6.45) is 3.88. The van der Waals surface area contributed by atoms with Crippen molar-refractivity contribution in [2.24, 2.45) is 0 Å². The second-order valence-corrected chi connectivity index (χ2v) is 5.17. The van der Waals surface area contributed by atoms with Crippen LogP contribution in [0.1, 0.15) is 18.4 Å². The van der Waals surface area contributed by atoms with Gasteiger partial charge in [0, 0.05) is 19.0 Å². The van der Waals surface area contributed by atoms with Gasteiger partial charge in [0.1, 0.15) is 6.54 Å². The standard InChI is InChI=1S/C17H18N2O5/c20-14(9-8-13-5-2-1-3-6-13)18-11-17(23)24-12-16(22)19-10-4-7-15(19)21/h1-3,5-6,8-9H,4,7,10-12H2,(H,18,20)/b9-8+. The maximum Gasteiger partial charge on any atom is 0.325 e. The molecule has 126 valence electrons. The average Bonchev–Trinajstić information content (AvgIpc) is 3.03. The summed E-state index contributed by atoms with van der Waals surface area (Å²) in [5.41, 5.74) is 0.858. The molecule has 0 unspecified atom stereocenters. The number of nitrogens with one attached hydrogen (secondary N) is 1. The maximum atomic E-state index is 11.7. The Labute approximate surface area is 139 Å². The number of amides is 3. The van der Waals surface area contributed by atoms with E-state index in [2.05, 4.69) is 5.32 Å². The lowest BCUT2D eigenvalue weighted by atomic mass is 10.2. The molecule has 1 N–H and O–H groups in total. The van der Waals surface area contributed by atoms with Gasteiger partial charge >= 0.3 is 5.97 Å². The number of nitrogens with zero attached hydrogens (tertiary/aromatic N) is 1. The fourth-order valence-corrected chi connectivity index (χ4v) is 2.14. The molecule has 7 nitrogen and oxygen atoms in total. The van der Waals surface area contributed by atoms with Crippen molar-refractivity contribution in [1.82, 2.24) is 10.2 Å². The smallest absolute Gasteiger partial charge is 0.325 e. The Morgan fingerprint density at radius 2 is 1.96 bits per heavy atom. The summed E-state index contributed by atoms with van der Waals surface area (Å²) in [6.45, 7) is -0.490. The Kier molecular flexibility index (Phi) is 6.24. The number of hydrogen-bond acceptors (Lipinski definition) is 5. The molecule has 0 aliphatic carbocycles. The van der Waals surface area contributed by atoms with E-state index in [4.69, 9.17) is 4.74 Å². The number of carbonyl (C=O) groups excluding carboxylic acids is 4. The van der Waals surface area contributed by atoms with E-state index in [1.54, 1.807) is 6.08 Å². The number of likely N-dealkylation sites (tertiary alicyclic amines) is 1. The Bertz CT molecular complexity index is 654. The summed E-state index contributed by atoms with van der Waals surface area (Å²) >= 11 is 0. The van der Waals surface area contributed by atoms with E-state index in [1.165, 1.54) is 6.08 Å². The number of imide groups is 1. The lowest BCUT2D eigenvalue weighted by Crippen LogP contribution is -2.37. The van der Waals surface area contributed by atoms with Gasteiger partial charge in [-0.25, -0.2) is 0 Å². The fourth-order valence-electron chi connectivity index (χ4n) is 2.14. The monoisotopic (exact) mass is 330 g/mol. The minimum Gasteiger partial charge on any atom is -0.454 e. The summed E-state index contributed by atoms with van der Waals surface area (Å²) in [4.78, 5) is 47.2. The van der Waals surface area contributed by atoms with Gasteiger partial charge in [0.25, 0.3) is 5.91 Å². The summed E-state index contributed by atoms with van der Waals surface area (Å²) in [7, 11) is 0. The molecule has 1 aliphatic heterocycles. The van der Waals surface area contributed by atoms with E-state index in [9.17, 15) is 19.2 Å². The molecule has 1 saturated heterocycles. The number of benzene rings is 1. The molecular weight excluding hydrogens is 312 g/mol. The van der Waals surface area contributed by atoms with E-state index >= 15 is 0 Å². The molecule has 0 radical (unpaired) electrons. The van der Waals surface area contributed by atoms with Gasteiger partial charge in [0.15, 0.2) is 6.61 Å². The van der Waals surface area contributed by atoms with Crippen LogP contribution in [0.3, 0.4) is 0 Å². The summed E-state index contributed by atoms with van der Waals surface area (Å²) < 4.78 is 4.76. The fraction of sp³-hybridized carbons (Fsp3) is 0.294. The van der Waals surface area contributed by atoms with E-state index in [-0.39, 0.29) is 12.5 Å². The molecule has 0 saturated carbocycles. The minimum atomic E-state index is -0.739. The van der Waals surface area contributed by atoms with Crippen molar-refractivity contribution in [1.29, 1.82) is 0 Å². The topological polar surface area (TPSA) is 92.8 Å². The van der Waals surface area contributed by atoms with Gasteiger partial charge < -0.3 is 10.1 Å². The zero-order valence-corrected chi connectivity index (χ0v) is 13.1. The van der Waals surface area contributed by atoms with Gasteiger partial charge in [0.05, 0.1) is 0 Å². The van der Waals surface area contributed by atoms with E-state index in [0.717, 1.165) is 10.5 Å². The number of ether oxygens (including phenoxy) is 1. The van der Waals surface area contributed by atoms with E-state index < -0.39 is 24.4 Å². The maximum absolute atomic E-state index is 11.7. The third-order valence-electron chi connectivity index (χ3n) is 3.36. The quantitative estimate of drug-likeness (QED) is 0.606.